The van der Waals surface area contributed by atoms with Crippen LogP contribution in [0.4, 0.5) is 0 Å². The van der Waals surface area contributed by atoms with E-state index < -0.39 is 0 Å². The van der Waals surface area contributed by atoms with Crippen LogP contribution in [0.25, 0.3) is 0 Å². The molecule has 1 unspecified atom stereocenters. The number of rotatable bonds is 7. The number of nitrogens with zero attached hydrogens (tertiary/aromatic N) is 1. The van der Waals surface area contributed by atoms with Gasteiger partial charge in [0.2, 0.25) is 0 Å². The van der Waals surface area contributed by atoms with Gasteiger partial charge in [0.15, 0.2) is 0 Å². The van der Waals surface area contributed by atoms with Crippen LogP contribution < -0.4 is 5.73 Å². The molecule has 1 aromatic rings. The number of aryl methyl sites for hydroxylation is 1. The molecule has 4 heteroatoms. The van der Waals surface area contributed by atoms with Crippen LogP contribution in [0.3, 0.4) is 0 Å². The molecule has 3 nitrogen and oxygen atoms in total. The van der Waals surface area contributed by atoms with Crippen LogP contribution in [0.2, 0.25) is 5.02 Å². The number of likely N-dealkylation sites (N-methyl/N-ethyl adjacent to an activating group) is 1. The van der Waals surface area contributed by atoms with Gasteiger partial charge in [0.1, 0.15) is 0 Å². The number of hydrogen-bond acceptors (Lipinski definition) is 3. The molecule has 0 fully saturated rings. The summed E-state index contributed by atoms with van der Waals surface area (Å²) in [5, 5.41) is 0.800. The Balaban J connectivity index is 2.88. The Morgan fingerprint density at radius 1 is 1.44 bits per heavy atom. The van der Waals surface area contributed by atoms with Gasteiger partial charge >= 0.3 is 0 Å². The zero-order valence-electron chi connectivity index (χ0n) is 11.4. The predicted octanol–water partition coefficient (Wildman–Crippen LogP) is 2.62. The van der Waals surface area contributed by atoms with E-state index in [-0.39, 0.29) is 6.04 Å². The van der Waals surface area contributed by atoms with E-state index in [4.69, 9.17) is 22.1 Å². The van der Waals surface area contributed by atoms with Gasteiger partial charge in [0.25, 0.3) is 0 Å². The van der Waals surface area contributed by atoms with Crippen LogP contribution in [0.15, 0.2) is 18.2 Å². The Hall–Kier alpha value is -0.610. The molecule has 1 rings (SSSR count). The van der Waals surface area contributed by atoms with Gasteiger partial charge < -0.3 is 10.5 Å². The fraction of sp³-hybridized carbons (Fsp3) is 0.571. The van der Waals surface area contributed by atoms with E-state index in [1.807, 2.05) is 19.1 Å². The van der Waals surface area contributed by atoms with Crippen molar-refractivity contribution in [2.24, 2.45) is 5.73 Å². The van der Waals surface area contributed by atoms with Crippen molar-refractivity contribution in [3.63, 3.8) is 0 Å². The molecule has 0 aliphatic heterocycles. The minimum absolute atomic E-state index is 0.197. The predicted molar refractivity (Wildman–Crippen MR) is 77.1 cm³/mol. The maximum absolute atomic E-state index is 6.18. The standard InChI is InChI=1S/C14H23ClN2O/c1-4-17(7-8-18-3)14(10-16)12-6-5-11(2)13(15)9-12/h5-6,9,14H,4,7-8,10,16H2,1-3H3. The third-order valence-electron chi connectivity index (χ3n) is 3.23. The number of ether oxygens (including phenoxy) is 1. The third kappa shape index (κ3) is 3.95. The van der Waals surface area contributed by atoms with Gasteiger partial charge in [-0.2, -0.15) is 0 Å². The lowest BCUT2D eigenvalue weighted by Crippen LogP contribution is -2.36. The monoisotopic (exact) mass is 270 g/mol. The quantitative estimate of drug-likeness (QED) is 0.828. The zero-order valence-corrected chi connectivity index (χ0v) is 12.2. The Morgan fingerprint density at radius 3 is 2.67 bits per heavy atom. The fourth-order valence-corrected chi connectivity index (χ4v) is 2.24. The first kappa shape index (κ1) is 15.4. The SMILES string of the molecule is CCN(CCOC)C(CN)c1ccc(C)c(Cl)c1. The summed E-state index contributed by atoms with van der Waals surface area (Å²) in [5.41, 5.74) is 8.18. The lowest BCUT2D eigenvalue weighted by molar-refractivity contribution is 0.125. The molecule has 0 bridgehead atoms. The van der Waals surface area contributed by atoms with E-state index in [1.165, 1.54) is 5.56 Å². The normalized spacial score (nSPS) is 13.0. The highest BCUT2D eigenvalue weighted by molar-refractivity contribution is 6.31. The molecule has 0 heterocycles. The molecule has 0 aromatic heterocycles. The van der Waals surface area contributed by atoms with Crippen LogP contribution in [0.5, 0.6) is 0 Å². The van der Waals surface area contributed by atoms with Crippen LogP contribution in [0, 0.1) is 6.92 Å². The van der Waals surface area contributed by atoms with Crippen molar-refractivity contribution in [1.82, 2.24) is 4.90 Å². The molecule has 0 aliphatic carbocycles. The topological polar surface area (TPSA) is 38.5 Å². The molecule has 0 amide bonds. The zero-order chi connectivity index (χ0) is 13.5. The van der Waals surface area contributed by atoms with E-state index in [9.17, 15) is 0 Å². The van der Waals surface area contributed by atoms with Gasteiger partial charge in [0.05, 0.1) is 6.61 Å². The molecule has 0 spiro atoms. The van der Waals surface area contributed by atoms with Gasteiger partial charge in [-0.3, -0.25) is 4.90 Å². The smallest absolute Gasteiger partial charge is 0.0589 e. The second kappa shape index (κ2) is 7.74. The highest BCUT2D eigenvalue weighted by Gasteiger charge is 2.17. The summed E-state index contributed by atoms with van der Waals surface area (Å²) in [4.78, 5) is 2.31. The maximum atomic E-state index is 6.18. The number of nitrogens with two attached hydrogens (primary N) is 1. The van der Waals surface area contributed by atoms with Crippen molar-refractivity contribution < 1.29 is 4.74 Å². The molecule has 0 aliphatic rings. The van der Waals surface area contributed by atoms with Crippen molar-refractivity contribution in [3.8, 4) is 0 Å². The molecule has 102 valence electrons. The molecule has 18 heavy (non-hydrogen) atoms. The average Bonchev–Trinajstić information content (AvgIpc) is 2.38. The summed E-state index contributed by atoms with van der Waals surface area (Å²) in [6.07, 6.45) is 0. The van der Waals surface area contributed by atoms with Gasteiger partial charge in [-0.05, 0) is 30.7 Å². The summed E-state index contributed by atoms with van der Waals surface area (Å²) >= 11 is 6.18. The molecular weight excluding hydrogens is 248 g/mol. The van der Waals surface area contributed by atoms with E-state index in [0.29, 0.717) is 13.2 Å². The van der Waals surface area contributed by atoms with E-state index in [2.05, 4.69) is 17.9 Å². The Kier molecular flexibility index (Phi) is 6.65. The average molecular weight is 271 g/mol. The lowest BCUT2D eigenvalue weighted by atomic mass is 10.0. The number of hydrogen-bond donors (Lipinski definition) is 1. The molecule has 1 atom stereocenters. The Labute approximate surface area is 115 Å². The summed E-state index contributed by atoms with van der Waals surface area (Å²) in [7, 11) is 1.72. The molecule has 2 N–H and O–H groups in total. The van der Waals surface area contributed by atoms with Crippen LogP contribution in [-0.2, 0) is 4.74 Å². The van der Waals surface area contributed by atoms with Crippen molar-refractivity contribution in [1.29, 1.82) is 0 Å². The summed E-state index contributed by atoms with van der Waals surface area (Å²) < 4.78 is 5.14. The van der Waals surface area contributed by atoms with Crippen molar-refractivity contribution in [2.75, 3.05) is 33.4 Å². The number of benzene rings is 1. The van der Waals surface area contributed by atoms with Gasteiger partial charge in [-0.15, -0.1) is 0 Å². The van der Waals surface area contributed by atoms with Crippen LogP contribution in [-0.4, -0.2) is 38.3 Å². The minimum Gasteiger partial charge on any atom is -0.383 e. The second-order valence-electron chi connectivity index (χ2n) is 4.38. The fourth-order valence-electron chi connectivity index (χ4n) is 2.06. The van der Waals surface area contributed by atoms with Crippen molar-refractivity contribution in [3.05, 3.63) is 34.3 Å². The lowest BCUT2D eigenvalue weighted by Gasteiger charge is -2.30. The maximum Gasteiger partial charge on any atom is 0.0589 e. The van der Waals surface area contributed by atoms with Gasteiger partial charge in [-0.1, -0.05) is 30.7 Å². The highest BCUT2D eigenvalue weighted by atomic mass is 35.5. The van der Waals surface area contributed by atoms with Crippen LogP contribution in [0.1, 0.15) is 24.1 Å². The Bertz CT molecular complexity index is 371. The molecule has 0 saturated heterocycles. The minimum atomic E-state index is 0.197. The summed E-state index contributed by atoms with van der Waals surface area (Å²) in [6.45, 7) is 7.25. The van der Waals surface area contributed by atoms with E-state index in [0.717, 1.165) is 23.7 Å². The highest BCUT2D eigenvalue weighted by Crippen LogP contribution is 2.24. The van der Waals surface area contributed by atoms with E-state index in [1.54, 1.807) is 7.11 Å². The first-order valence-electron chi connectivity index (χ1n) is 6.33. The second-order valence-corrected chi connectivity index (χ2v) is 4.79. The van der Waals surface area contributed by atoms with Gasteiger partial charge in [-0.25, -0.2) is 0 Å². The summed E-state index contributed by atoms with van der Waals surface area (Å²) in [6, 6.07) is 6.37. The molecule has 1 aromatic carbocycles. The van der Waals surface area contributed by atoms with Crippen molar-refractivity contribution in [2.45, 2.75) is 19.9 Å². The van der Waals surface area contributed by atoms with Crippen LogP contribution >= 0.6 is 11.6 Å². The summed E-state index contributed by atoms with van der Waals surface area (Å²) in [5.74, 6) is 0. The molecular formula is C14H23ClN2O. The van der Waals surface area contributed by atoms with E-state index >= 15 is 0 Å². The first-order valence-corrected chi connectivity index (χ1v) is 6.70. The number of halogens is 1. The third-order valence-corrected chi connectivity index (χ3v) is 3.64. The largest absolute Gasteiger partial charge is 0.383 e. The molecule has 0 radical (unpaired) electrons. The molecule has 0 saturated carbocycles. The Morgan fingerprint density at radius 2 is 2.17 bits per heavy atom. The van der Waals surface area contributed by atoms with Gasteiger partial charge in [0, 0.05) is 31.3 Å². The number of methoxy groups -OCH3 is 1. The first-order chi connectivity index (χ1) is 8.63. The van der Waals surface area contributed by atoms with Crippen molar-refractivity contribution >= 4 is 11.6 Å².